The van der Waals surface area contributed by atoms with Gasteiger partial charge in [0.05, 0.1) is 18.8 Å². The van der Waals surface area contributed by atoms with Gasteiger partial charge in [0, 0.05) is 29.3 Å². The van der Waals surface area contributed by atoms with Crippen molar-refractivity contribution in [3.8, 4) is 5.75 Å². The lowest BCUT2D eigenvalue weighted by atomic mass is 10.1. The zero-order valence-corrected chi connectivity index (χ0v) is 19.4. The highest BCUT2D eigenvalue weighted by Crippen LogP contribution is 2.48. The molecule has 4 rings (SSSR count). The normalized spacial score (nSPS) is 21.0. The molecule has 1 aliphatic rings. The number of rotatable bonds is 9. The van der Waals surface area contributed by atoms with Crippen LogP contribution >= 0.6 is 7.75 Å². The monoisotopic (exact) mass is 499 g/mol. The minimum absolute atomic E-state index is 0.140. The number of anilines is 1. The molecule has 182 valence electrons. The molecule has 1 fully saturated rings. The van der Waals surface area contributed by atoms with Crippen molar-refractivity contribution in [3.63, 3.8) is 0 Å². The Bertz CT molecular complexity index is 1330. The summed E-state index contributed by atoms with van der Waals surface area (Å²) >= 11 is 0. The number of hydrogen-bond acceptors (Lipinski definition) is 8. The molecule has 2 aromatic heterocycles. The second-order valence-corrected chi connectivity index (χ2v) is 9.30. The molecule has 0 saturated carbocycles. The number of nitrogens with one attached hydrogen (secondary N) is 2. The Balaban J connectivity index is 1.55. The van der Waals surface area contributed by atoms with Crippen LogP contribution in [0, 0.1) is 6.92 Å². The summed E-state index contributed by atoms with van der Waals surface area (Å²) in [5.41, 5.74) is 8.14. The highest BCUT2D eigenvalue weighted by atomic mass is 31.2. The van der Waals surface area contributed by atoms with Gasteiger partial charge in [0.15, 0.2) is 0 Å². The molecule has 3 aromatic rings. The molecule has 0 amide bonds. The van der Waals surface area contributed by atoms with Crippen molar-refractivity contribution in [1.82, 2.24) is 14.5 Å². The first-order valence-electron chi connectivity index (χ1n) is 10.6. The summed E-state index contributed by atoms with van der Waals surface area (Å²) in [4.78, 5) is 33.1. The maximum absolute atomic E-state index is 13.6. The molecule has 0 spiro atoms. The van der Waals surface area contributed by atoms with Gasteiger partial charge in [-0.2, -0.15) is 0 Å². The van der Waals surface area contributed by atoms with Gasteiger partial charge in [-0.1, -0.05) is 29.4 Å². The van der Waals surface area contributed by atoms with Crippen LogP contribution in [-0.4, -0.2) is 33.3 Å². The maximum Gasteiger partial charge on any atom is 0.487 e. The van der Waals surface area contributed by atoms with E-state index in [0.29, 0.717) is 11.3 Å². The van der Waals surface area contributed by atoms with Gasteiger partial charge in [-0.05, 0) is 36.7 Å². The number of para-hydroxylation sites is 1. The van der Waals surface area contributed by atoms with Crippen LogP contribution in [0.3, 0.4) is 0 Å². The zero-order valence-electron chi connectivity index (χ0n) is 18.6. The van der Waals surface area contributed by atoms with Gasteiger partial charge in [-0.25, -0.2) is 14.3 Å². The molecule has 2 N–H and O–H groups in total. The molecule has 14 heteroatoms. The summed E-state index contributed by atoms with van der Waals surface area (Å²) < 4.78 is 32.1. The minimum atomic E-state index is -4.02. The van der Waals surface area contributed by atoms with Crippen LogP contribution in [-0.2, 0) is 13.8 Å². The third kappa shape index (κ3) is 5.97. The molecule has 4 atom stereocenters. The molecule has 0 aliphatic carbocycles. The van der Waals surface area contributed by atoms with Gasteiger partial charge in [0.25, 0.3) is 5.56 Å². The molecule has 13 nitrogen and oxygen atoms in total. The third-order valence-corrected chi connectivity index (χ3v) is 6.60. The van der Waals surface area contributed by atoms with Crippen molar-refractivity contribution in [2.24, 2.45) is 5.11 Å². The summed E-state index contributed by atoms with van der Waals surface area (Å²) in [6, 6.07) is 12.7. The number of aromatic nitrogens is 3. The van der Waals surface area contributed by atoms with Crippen molar-refractivity contribution < 1.29 is 18.3 Å². The van der Waals surface area contributed by atoms with Crippen LogP contribution in [0.1, 0.15) is 18.2 Å². The number of ether oxygens (including phenoxy) is 1. The number of pyridine rings is 1. The lowest BCUT2D eigenvalue weighted by Crippen LogP contribution is -2.33. The predicted molar refractivity (Wildman–Crippen MR) is 126 cm³/mol. The molecule has 35 heavy (non-hydrogen) atoms. The Labute approximate surface area is 198 Å². The second kappa shape index (κ2) is 10.6. The van der Waals surface area contributed by atoms with E-state index >= 15 is 0 Å². The fourth-order valence-electron chi connectivity index (χ4n) is 3.47. The van der Waals surface area contributed by atoms with Crippen molar-refractivity contribution in [2.75, 3.05) is 11.7 Å². The first-order chi connectivity index (χ1) is 16.9. The average Bonchev–Trinajstić information content (AvgIpc) is 3.24. The number of aromatic amines is 1. The lowest BCUT2D eigenvalue weighted by Gasteiger charge is -2.23. The Hall–Kier alpha value is -3.89. The van der Waals surface area contributed by atoms with Crippen molar-refractivity contribution >= 4 is 13.6 Å². The summed E-state index contributed by atoms with van der Waals surface area (Å²) in [7, 11) is -4.02. The summed E-state index contributed by atoms with van der Waals surface area (Å²) in [6.07, 6.45) is 1.34. The van der Waals surface area contributed by atoms with E-state index in [-0.39, 0.29) is 18.8 Å². The molecule has 0 bridgehead atoms. The van der Waals surface area contributed by atoms with E-state index in [1.54, 1.807) is 55.5 Å². The fraction of sp³-hybridized carbons (Fsp3) is 0.286. The number of H-pyrrole nitrogens is 1. The Morgan fingerprint density at radius 2 is 2.06 bits per heavy atom. The van der Waals surface area contributed by atoms with Crippen LogP contribution in [0.15, 0.2) is 75.6 Å². The second-order valence-electron chi connectivity index (χ2n) is 7.64. The first-order valence-corrected chi connectivity index (χ1v) is 12.1. The lowest BCUT2D eigenvalue weighted by molar-refractivity contribution is -0.0234. The number of aryl methyl sites for hydroxylation is 1. The van der Waals surface area contributed by atoms with Crippen LogP contribution < -0.4 is 20.9 Å². The van der Waals surface area contributed by atoms with Gasteiger partial charge >= 0.3 is 13.4 Å². The molecule has 1 unspecified atom stereocenters. The quantitative estimate of drug-likeness (QED) is 0.195. The van der Waals surface area contributed by atoms with Crippen LogP contribution in [0.5, 0.6) is 5.75 Å². The van der Waals surface area contributed by atoms with Gasteiger partial charge in [0.2, 0.25) is 0 Å². The van der Waals surface area contributed by atoms with Gasteiger partial charge in [0.1, 0.15) is 17.8 Å². The maximum atomic E-state index is 13.6. The fourth-order valence-corrected chi connectivity index (χ4v) is 4.78. The smallest absolute Gasteiger partial charge is 0.409 e. The zero-order chi connectivity index (χ0) is 24.8. The van der Waals surface area contributed by atoms with Gasteiger partial charge < -0.3 is 9.26 Å². The Morgan fingerprint density at radius 1 is 1.29 bits per heavy atom. The van der Waals surface area contributed by atoms with E-state index < -0.39 is 37.4 Å². The predicted octanol–water partition coefficient (Wildman–Crippen LogP) is 3.52. The van der Waals surface area contributed by atoms with E-state index in [1.807, 2.05) is 0 Å². The number of nitrogens with zero attached hydrogens (tertiary/aromatic N) is 5. The topological polar surface area (TPSA) is 173 Å². The van der Waals surface area contributed by atoms with Crippen molar-refractivity contribution in [2.45, 2.75) is 31.7 Å². The molecule has 1 aromatic carbocycles. The average molecular weight is 499 g/mol. The van der Waals surface area contributed by atoms with E-state index in [0.717, 1.165) is 0 Å². The number of benzene rings is 1. The molecular formula is C21H22N7O6P. The third-order valence-electron chi connectivity index (χ3n) is 5.15. The van der Waals surface area contributed by atoms with E-state index in [9.17, 15) is 14.2 Å². The Kier molecular flexibility index (Phi) is 7.33. The minimum Gasteiger partial charge on any atom is -0.409 e. The highest BCUT2D eigenvalue weighted by Gasteiger charge is 2.39. The number of hydrogen-bond donors (Lipinski definition) is 2. The summed E-state index contributed by atoms with van der Waals surface area (Å²) in [5.74, 6) is 0.560. The largest absolute Gasteiger partial charge is 0.487 e. The molecule has 1 saturated heterocycles. The number of azide groups is 1. The van der Waals surface area contributed by atoms with Gasteiger partial charge in [-0.15, -0.1) is 0 Å². The Morgan fingerprint density at radius 3 is 2.77 bits per heavy atom. The van der Waals surface area contributed by atoms with E-state index in [4.69, 9.17) is 19.3 Å². The molecule has 3 heterocycles. The highest BCUT2D eigenvalue weighted by molar-refractivity contribution is 7.55. The van der Waals surface area contributed by atoms with Crippen molar-refractivity contribution in [1.29, 1.82) is 0 Å². The van der Waals surface area contributed by atoms with Gasteiger partial charge in [-0.3, -0.25) is 24.0 Å². The van der Waals surface area contributed by atoms with E-state index in [2.05, 4.69) is 25.1 Å². The standard InChI is InChI=1S/C21H22N7O6P/c1-14-12-28(21(30)24-20(14)29)19-11-16(25-27-22)17(33-19)13-32-35(31,26-18-9-5-6-10-23-18)34-15-7-3-2-4-8-15/h2-10,12,16-17,19H,11,13H2,1H3,(H,23,26,31)(H,24,29,30)/t16-,17+,19+,35?/m0/s1. The van der Waals surface area contributed by atoms with E-state index in [1.165, 1.54) is 17.0 Å². The summed E-state index contributed by atoms with van der Waals surface area (Å²) in [6.45, 7) is 1.26. The molecule has 0 radical (unpaired) electrons. The molecular weight excluding hydrogens is 477 g/mol. The van der Waals surface area contributed by atoms with Crippen LogP contribution in [0.4, 0.5) is 5.82 Å². The van der Waals surface area contributed by atoms with Crippen LogP contribution in [0.2, 0.25) is 0 Å². The van der Waals surface area contributed by atoms with Crippen LogP contribution in [0.25, 0.3) is 10.4 Å². The SMILES string of the molecule is Cc1cn([C@H]2C[C@H](N=[N+]=[N-])[C@@H](COP(=O)(Nc3ccccn3)Oc3ccccc3)O2)c(=O)[nH]c1=O. The summed E-state index contributed by atoms with van der Waals surface area (Å²) in [5, 5.41) is 6.43. The molecule has 1 aliphatic heterocycles. The van der Waals surface area contributed by atoms with Crippen molar-refractivity contribution in [3.05, 3.63) is 97.8 Å². The first kappa shape index (κ1) is 24.2.